The first kappa shape index (κ1) is 16.1. The molecule has 1 heterocycles. The third-order valence-electron chi connectivity index (χ3n) is 6.23. The first-order valence-electron chi connectivity index (χ1n) is 8.68. The third-order valence-corrected chi connectivity index (χ3v) is 6.84. The molecule has 1 aliphatic heterocycles. The Morgan fingerprint density at radius 2 is 1.81 bits per heavy atom. The van der Waals surface area contributed by atoms with Crippen LogP contribution in [-0.2, 0) is 9.59 Å². The average Bonchev–Trinajstić information content (AvgIpc) is 3.41. The maximum absolute atomic E-state index is 12.9. The van der Waals surface area contributed by atoms with Gasteiger partial charge in [-0.3, -0.25) is 9.59 Å². The zero-order valence-electron chi connectivity index (χ0n) is 14.0. The lowest BCUT2D eigenvalue weighted by Crippen LogP contribution is -2.40. The standard InChI is InChI=1S/C19H17BrN2O4/c1-26-14-5-8(4-13(20)17(14)23)7-21-22-18(24)15-9-2-3-10(12-6-11(9)12)16(15)19(22)25/h2-5,7,9-12,15-16,23H,6H2,1H3/b21-7-/t9-,10-,11-,12+,15+,16-/m1/s1. The number of benzene rings is 1. The first-order valence-corrected chi connectivity index (χ1v) is 9.47. The number of carbonyl (C=O) groups excluding carboxylic acids is 2. The number of phenols is 1. The summed E-state index contributed by atoms with van der Waals surface area (Å²) in [4.78, 5) is 25.7. The number of amides is 2. The minimum Gasteiger partial charge on any atom is -0.503 e. The SMILES string of the molecule is COc1cc(/C=N\N2C(=O)[C@@H]3[C@@H]4C=C[C@H]([C@H]5C[C@@H]45)[C@@H]3C2=O)cc(Br)c1O. The van der Waals surface area contributed by atoms with Gasteiger partial charge in [0.2, 0.25) is 0 Å². The van der Waals surface area contributed by atoms with Crippen LogP contribution < -0.4 is 4.74 Å². The highest BCUT2D eigenvalue weighted by atomic mass is 79.9. The molecule has 6 rings (SSSR count). The number of hydrogen-bond acceptors (Lipinski definition) is 5. The normalized spacial score (nSPS) is 36.6. The Balaban J connectivity index is 1.44. The molecule has 1 N–H and O–H groups in total. The van der Waals surface area contributed by atoms with Crippen molar-refractivity contribution in [3.63, 3.8) is 0 Å². The van der Waals surface area contributed by atoms with E-state index in [9.17, 15) is 14.7 Å². The Bertz CT molecular complexity index is 860. The van der Waals surface area contributed by atoms with E-state index < -0.39 is 0 Å². The van der Waals surface area contributed by atoms with Crippen molar-refractivity contribution in [3.05, 3.63) is 34.3 Å². The fourth-order valence-electron chi connectivity index (χ4n) is 5.00. The van der Waals surface area contributed by atoms with Crippen molar-refractivity contribution in [2.45, 2.75) is 6.42 Å². The fourth-order valence-corrected chi connectivity index (χ4v) is 5.46. The monoisotopic (exact) mass is 416 g/mol. The molecule has 2 saturated carbocycles. The van der Waals surface area contributed by atoms with Crippen molar-refractivity contribution < 1.29 is 19.4 Å². The number of methoxy groups -OCH3 is 1. The van der Waals surface area contributed by atoms with Crippen LogP contribution in [0, 0.1) is 35.5 Å². The summed E-state index contributed by atoms with van der Waals surface area (Å²) in [6.07, 6.45) is 6.87. The summed E-state index contributed by atoms with van der Waals surface area (Å²) in [5.41, 5.74) is 0.617. The number of aromatic hydroxyl groups is 1. The molecular formula is C19H17BrN2O4. The lowest BCUT2D eigenvalue weighted by Gasteiger charge is -2.37. The Hall–Kier alpha value is -2.15. The van der Waals surface area contributed by atoms with Crippen molar-refractivity contribution >= 4 is 34.0 Å². The van der Waals surface area contributed by atoms with Gasteiger partial charge in [-0.2, -0.15) is 10.1 Å². The molecule has 0 unspecified atom stereocenters. The molecule has 6 nitrogen and oxygen atoms in total. The summed E-state index contributed by atoms with van der Waals surface area (Å²) in [7, 11) is 1.45. The first-order chi connectivity index (χ1) is 12.5. The number of hydrazone groups is 1. The molecule has 3 fully saturated rings. The molecule has 26 heavy (non-hydrogen) atoms. The number of allylic oxidation sites excluding steroid dienone is 2. The van der Waals surface area contributed by atoms with Gasteiger partial charge < -0.3 is 9.84 Å². The molecule has 6 atom stereocenters. The van der Waals surface area contributed by atoms with Crippen LogP contribution >= 0.6 is 15.9 Å². The van der Waals surface area contributed by atoms with Crippen LogP contribution in [-0.4, -0.2) is 35.3 Å². The van der Waals surface area contributed by atoms with Gasteiger partial charge in [-0.25, -0.2) is 0 Å². The second kappa shape index (κ2) is 5.42. The summed E-state index contributed by atoms with van der Waals surface area (Å²) >= 11 is 3.25. The van der Waals surface area contributed by atoms with Crippen LogP contribution in [0.2, 0.25) is 0 Å². The van der Waals surface area contributed by atoms with Gasteiger partial charge in [-0.05, 0) is 63.7 Å². The van der Waals surface area contributed by atoms with E-state index in [1.165, 1.54) is 13.3 Å². The molecule has 1 aromatic carbocycles. The second-order valence-electron chi connectivity index (χ2n) is 7.44. The molecule has 1 aromatic rings. The van der Waals surface area contributed by atoms with Gasteiger partial charge in [0.25, 0.3) is 11.8 Å². The molecule has 2 bridgehead atoms. The van der Waals surface area contributed by atoms with Gasteiger partial charge in [-0.15, -0.1) is 0 Å². The largest absolute Gasteiger partial charge is 0.503 e. The van der Waals surface area contributed by atoms with E-state index in [0.29, 0.717) is 21.9 Å². The number of imide groups is 1. The molecule has 134 valence electrons. The minimum atomic E-state index is -0.250. The van der Waals surface area contributed by atoms with Crippen molar-refractivity contribution in [2.75, 3.05) is 7.11 Å². The van der Waals surface area contributed by atoms with Crippen molar-refractivity contribution in [1.29, 1.82) is 0 Å². The topological polar surface area (TPSA) is 79.2 Å². The average molecular weight is 417 g/mol. The Kier molecular flexibility index (Phi) is 3.35. The minimum absolute atomic E-state index is 0.00845. The van der Waals surface area contributed by atoms with Gasteiger partial charge in [0, 0.05) is 0 Å². The Labute approximate surface area is 158 Å². The quantitative estimate of drug-likeness (QED) is 0.466. The number of phenolic OH excluding ortho intramolecular Hbond substituents is 1. The van der Waals surface area contributed by atoms with Crippen LogP contribution in [0.15, 0.2) is 33.9 Å². The number of halogens is 1. The number of rotatable bonds is 3. The highest BCUT2D eigenvalue weighted by Crippen LogP contribution is 2.65. The summed E-state index contributed by atoms with van der Waals surface area (Å²) in [6, 6.07) is 3.25. The molecule has 1 saturated heterocycles. The number of carbonyl (C=O) groups is 2. The maximum atomic E-state index is 12.9. The summed E-state index contributed by atoms with van der Waals surface area (Å²) < 4.78 is 5.57. The molecule has 2 amide bonds. The Morgan fingerprint density at radius 1 is 1.19 bits per heavy atom. The van der Waals surface area contributed by atoms with Gasteiger partial charge >= 0.3 is 0 Å². The van der Waals surface area contributed by atoms with Gasteiger partial charge in [0.1, 0.15) is 0 Å². The van der Waals surface area contributed by atoms with E-state index in [1.807, 2.05) is 0 Å². The number of hydrogen-bond donors (Lipinski definition) is 1. The van der Waals surface area contributed by atoms with Crippen LogP contribution in [0.25, 0.3) is 0 Å². The van der Waals surface area contributed by atoms with Crippen LogP contribution in [0.5, 0.6) is 11.5 Å². The fraction of sp³-hybridized carbons (Fsp3) is 0.421. The maximum Gasteiger partial charge on any atom is 0.254 e. The van der Waals surface area contributed by atoms with Crippen LogP contribution in [0.4, 0.5) is 0 Å². The molecular weight excluding hydrogens is 400 g/mol. The molecule has 0 spiro atoms. The summed E-state index contributed by atoms with van der Waals surface area (Å²) in [5.74, 6) is 0.926. The van der Waals surface area contributed by atoms with E-state index >= 15 is 0 Å². The molecule has 7 heteroatoms. The van der Waals surface area contributed by atoms with Crippen molar-refractivity contribution in [1.82, 2.24) is 5.01 Å². The second-order valence-corrected chi connectivity index (χ2v) is 8.30. The summed E-state index contributed by atoms with van der Waals surface area (Å²) in [5, 5.41) is 15.1. The smallest absolute Gasteiger partial charge is 0.254 e. The van der Waals surface area contributed by atoms with E-state index in [4.69, 9.17) is 4.74 Å². The number of ether oxygens (including phenoxy) is 1. The zero-order chi connectivity index (χ0) is 18.2. The van der Waals surface area contributed by atoms with E-state index in [1.54, 1.807) is 12.1 Å². The van der Waals surface area contributed by atoms with Crippen molar-refractivity contribution in [3.8, 4) is 11.5 Å². The van der Waals surface area contributed by atoms with E-state index in [-0.39, 0.29) is 47.0 Å². The molecule has 0 radical (unpaired) electrons. The molecule has 5 aliphatic rings. The number of nitrogens with zero attached hydrogens (tertiary/aromatic N) is 2. The third kappa shape index (κ3) is 2.06. The van der Waals surface area contributed by atoms with E-state index in [2.05, 4.69) is 33.2 Å². The van der Waals surface area contributed by atoms with Crippen LogP contribution in [0.1, 0.15) is 12.0 Å². The molecule has 0 aromatic heterocycles. The summed E-state index contributed by atoms with van der Waals surface area (Å²) in [6.45, 7) is 0. The zero-order valence-corrected chi connectivity index (χ0v) is 15.6. The van der Waals surface area contributed by atoms with Gasteiger partial charge in [-0.1, -0.05) is 12.2 Å². The highest BCUT2D eigenvalue weighted by molar-refractivity contribution is 9.10. The van der Waals surface area contributed by atoms with Crippen LogP contribution in [0.3, 0.4) is 0 Å². The van der Waals surface area contributed by atoms with E-state index in [0.717, 1.165) is 11.4 Å². The lowest BCUT2D eigenvalue weighted by molar-refractivity contribution is -0.140. The van der Waals surface area contributed by atoms with Gasteiger partial charge in [0.05, 0.1) is 29.6 Å². The highest BCUT2D eigenvalue weighted by Gasteiger charge is 2.67. The predicted molar refractivity (Wildman–Crippen MR) is 96.5 cm³/mol. The van der Waals surface area contributed by atoms with Crippen molar-refractivity contribution in [2.24, 2.45) is 40.6 Å². The molecule has 4 aliphatic carbocycles. The Morgan fingerprint density at radius 3 is 2.38 bits per heavy atom. The predicted octanol–water partition coefficient (Wildman–Crippen LogP) is 2.55. The lowest BCUT2D eigenvalue weighted by atomic mass is 9.63. The van der Waals surface area contributed by atoms with Gasteiger partial charge in [0.15, 0.2) is 11.5 Å².